The van der Waals surface area contributed by atoms with Gasteiger partial charge in [-0.3, -0.25) is 0 Å². The van der Waals surface area contributed by atoms with E-state index in [1.54, 1.807) is 6.92 Å². The maximum Gasteiger partial charge on any atom is 0.248 e. The summed E-state index contributed by atoms with van der Waals surface area (Å²) in [6.07, 6.45) is 0.975. The third-order valence-corrected chi connectivity index (χ3v) is 4.00. The van der Waals surface area contributed by atoms with Gasteiger partial charge in [0.15, 0.2) is 11.8 Å². The monoisotopic (exact) mass is 449 g/mol. The molecular formula is C15H24IN5OS. The largest absolute Gasteiger partial charge is 0.357 e. The highest BCUT2D eigenvalue weighted by molar-refractivity contribution is 14.0. The van der Waals surface area contributed by atoms with Gasteiger partial charge in [-0.05, 0) is 39.8 Å². The van der Waals surface area contributed by atoms with Crippen molar-refractivity contribution in [3.05, 3.63) is 33.6 Å². The summed E-state index contributed by atoms with van der Waals surface area (Å²) < 4.78 is 5.07. The van der Waals surface area contributed by atoms with Gasteiger partial charge < -0.3 is 15.2 Å². The molecule has 0 aliphatic carbocycles. The van der Waals surface area contributed by atoms with Crippen molar-refractivity contribution in [1.82, 2.24) is 20.8 Å². The molecule has 1 unspecified atom stereocenters. The average molecular weight is 449 g/mol. The Morgan fingerprint density at radius 3 is 2.74 bits per heavy atom. The summed E-state index contributed by atoms with van der Waals surface area (Å²) in [7, 11) is 0. The number of nitrogens with one attached hydrogen (secondary N) is 2. The van der Waals surface area contributed by atoms with Gasteiger partial charge in [0.1, 0.15) is 6.54 Å². The molecule has 0 radical (unpaired) electrons. The number of rotatable bonds is 6. The van der Waals surface area contributed by atoms with Crippen LogP contribution in [0.15, 0.2) is 21.6 Å². The van der Waals surface area contributed by atoms with Gasteiger partial charge in [0, 0.05) is 28.8 Å². The molecule has 2 aromatic heterocycles. The minimum absolute atomic E-state index is 0. The number of hydrogen-bond donors (Lipinski definition) is 2. The fourth-order valence-electron chi connectivity index (χ4n) is 2.05. The second-order valence-corrected chi connectivity index (χ2v) is 6.56. The van der Waals surface area contributed by atoms with E-state index in [1.165, 1.54) is 9.75 Å². The topological polar surface area (TPSA) is 75.3 Å². The number of hydrogen-bond acceptors (Lipinski definition) is 5. The second-order valence-electron chi connectivity index (χ2n) is 5.19. The Bertz CT molecular complexity index is 625. The van der Waals surface area contributed by atoms with Gasteiger partial charge in [0.05, 0.1) is 0 Å². The number of nitrogens with zero attached hydrogens (tertiary/aromatic N) is 3. The molecule has 6 nitrogen and oxygen atoms in total. The van der Waals surface area contributed by atoms with Crippen LogP contribution in [-0.4, -0.2) is 28.7 Å². The normalized spacial score (nSPS) is 12.6. The summed E-state index contributed by atoms with van der Waals surface area (Å²) >= 11 is 1.84. The minimum atomic E-state index is 0. The molecule has 0 amide bonds. The van der Waals surface area contributed by atoms with Crippen molar-refractivity contribution < 1.29 is 4.52 Å². The smallest absolute Gasteiger partial charge is 0.248 e. The lowest BCUT2D eigenvalue weighted by Gasteiger charge is -2.17. The molecule has 0 aromatic carbocycles. The second kappa shape index (κ2) is 9.86. The highest BCUT2D eigenvalue weighted by Crippen LogP contribution is 2.16. The zero-order valence-electron chi connectivity index (χ0n) is 13.9. The molecule has 0 saturated heterocycles. The summed E-state index contributed by atoms with van der Waals surface area (Å²) in [5, 5.41) is 10.4. The van der Waals surface area contributed by atoms with Crippen molar-refractivity contribution in [3.63, 3.8) is 0 Å². The minimum Gasteiger partial charge on any atom is -0.357 e. The van der Waals surface area contributed by atoms with Crippen LogP contribution >= 0.6 is 35.3 Å². The van der Waals surface area contributed by atoms with E-state index in [4.69, 9.17) is 4.52 Å². The lowest BCUT2D eigenvalue weighted by Crippen LogP contribution is -2.43. The van der Waals surface area contributed by atoms with Gasteiger partial charge in [-0.1, -0.05) is 5.16 Å². The van der Waals surface area contributed by atoms with Crippen molar-refractivity contribution >= 4 is 41.3 Å². The van der Waals surface area contributed by atoms with Crippen molar-refractivity contribution in [3.8, 4) is 0 Å². The molecule has 0 aliphatic rings. The molecule has 0 bridgehead atoms. The maximum absolute atomic E-state index is 5.07. The first kappa shape index (κ1) is 19.9. The Balaban J connectivity index is 0.00000264. The summed E-state index contributed by atoms with van der Waals surface area (Å²) in [6, 6.07) is 4.63. The molecular weight excluding hydrogens is 425 g/mol. The van der Waals surface area contributed by atoms with Crippen molar-refractivity contribution in [2.45, 2.75) is 46.7 Å². The predicted octanol–water partition coefficient (Wildman–Crippen LogP) is 3.05. The summed E-state index contributed by atoms with van der Waals surface area (Å²) in [4.78, 5) is 11.4. The van der Waals surface area contributed by atoms with Gasteiger partial charge in [-0.25, -0.2) is 4.99 Å². The van der Waals surface area contributed by atoms with E-state index in [-0.39, 0.29) is 24.0 Å². The highest BCUT2D eigenvalue weighted by Gasteiger charge is 2.08. The lowest BCUT2D eigenvalue weighted by atomic mass is 10.2. The maximum atomic E-state index is 5.07. The Morgan fingerprint density at radius 1 is 1.39 bits per heavy atom. The molecule has 0 aliphatic heterocycles. The van der Waals surface area contributed by atoms with E-state index in [0.717, 1.165) is 18.9 Å². The first-order valence-electron chi connectivity index (χ1n) is 7.46. The van der Waals surface area contributed by atoms with Gasteiger partial charge >= 0.3 is 0 Å². The molecule has 23 heavy (non-hydrogen) atoms. The van der Waals surface area contributed by atoms with Crippen LogP contribution in [0.3, 0.4) is 0 Å². The predicted molar refractivity (Wildman–Crippen MR) is 105 cm³/mol. The number of aryl methyl sites for hydroxylation is 2. The average Bonchev–Trinajstić information content (AvgIpc) is 3.05. The molecule has 0 saturated carbocycles. The molecule has 2 N–H and O–H groups in total. The Hall–Kier alpha value is -1.16. The van der Waals surface area contributed by atoms with Gasteiger partial charge in [-0.15, -0.1) is 35.3 Å². The SMILES string of the molecule is CCNC(=NCc1nc(C)no1)NC(C)Cc1ccc(C)s1.I. The van der Waals surface area contributed by atoms with Crippen molar-refractivity contribution in [2.75, 3.05) is 6.54 Å². The molecule has 8 heteroatoms. The van der Waals surface area contributed by atoms with Gasteiger partial charge in [0.2, 0.25) is 5.89 Å². The number of halogens is 1. The zero-order valence-corrected chi connectivity index (χ0v) is 17.1. The van der Waals surface area contributed by atoms with Crippen LogP contribution in [0.25, 0.3) is 0 Å². The third-order valence-electron chi connectivity index (χ3n) is 2.97. The van der Waals surface area contributed by atoms with E-state index >= 15 is 0 Å². The van der Waals surface area contributed by atoms with E-state index in [1.807, 2.05) is 18.3 Å². The number of aromatic nitrogens is 2. The van der Waals surface area contributed by atoms with Crippen molar-refractivity contribution in [1.29, 1.82) is 0 Å². The molecule has 1 atom stereocenters. The molecule has 128 valence electrons. The van der Waals surface area contributed by atoms with Crippen LogP contribution in [0.1, 0.15) is 35.3 Å². The van der Waals surface area contributed by atoms with Crippen molar-refractivity contribution in [2.24, 2.45) is 4.99 Å². The van der Waals surface area contributed by atoms with E-state index in [2.05, 4.69) is 51.7 Å². The van der Waals surface area contributed by atoms with Crippen LogP contribution in [0, 0.1) is 13.8 Å². The number of guanidine groups is 1. The number of thiophene rings is 1. The first-order valence-corrected chi connectivity index (χ1v) is 8.27. The lowest BCUT2D eigenvalue weighted by molar-refractivity contribution is 0.376. The first-order chi connectivity index (χ1) is 10.6. The number of aliphatic imine (C=N–C) groups is 1. The Morgan fingerprint density at radius 2 is 2.17 bits per heavy atom. The van der Waals surface area contributed by atoms with Gasteiger partial charge in [0.25, 0.3) is 0 Å². The summed E-state index contributed by atoms with van der Waals surface area (Å²) in [5.74, 6) is 1.92. The van der Waals surface area contributed by atoms with E-state index in [9.17, 15) is 0 Å². The van der Waals surface area contributed by atoms with Crippen LogP contribution in [0.4, 0.5) is 0 Å². The van der Waals surface area contributed by atoms with Crippen LogP contribution < -0.4 is 10.6 Å². The molecule has 0 spiro atoms. The van der Waals surface area contributed by atoms with Crippen LogP contribution in [0.2, 0.25) is 0 Å². The molecule has 0 fully saturated rings. The summed E-state index contributed by atoms with van der Waals surface area (Å²) in [5.41, 5.74) is 0. The molecule has 2 heterocycles. The van der Waals surface area contributed by atoms with E-state index in [0.29, 0.717) is 24.3 Å². The Kier molecular flexibility index (Phi) is 8.53. The molecule has 2 rings (SSSR count). The quantitative estimate of drug-likeness (QED) is 0.403. The van der Waals surface area contributed by atoms with Gasteiger partial charge in [-0.2, -0.15) is 4.98 Å². The summed E-state index contributed by atoms with van der Waals surface area (Å²) in [6.45, 7) is 9.30. The van der Waals surface area contributed by atoms with Crippen LogP contribution in [0.5, 0.6) is 0 Å². The third kappa shape index (κ3) is 6.86. The fourth-order valence-corrected chi connectivity index (χ4v) is 3.07. The highest BCUT2D eigenvalue weighted by atomic mass is 127. The standard InChI is InChI=1S/C15H23N5OS.HI/c1-5-16-15(17-9-14-19-12(4)20-21-14)18-10(2)8-13-7-6-11(3)22-13;/h6-7,10H,5,8-9H2,1-4H3,(H2,16,17,18);1H. The Labute approximate surface area is 158 Å². The van der Waals surface area contributed by atoms with E-state index < -0.39 is 0 Å². The fraction of sp³-hybridized carbons (Fsp3) is 0.533. The zero-order chi connectivity index (χ0) is 15.9. The van der Waals surface area contributed by atoms with Crippen LogP contribution in [-0.2, 0) is 13.0 Å². The molecule has 2 aromatic rings.